The molecule has 1 atom stereocenters. The number of thiazole rings is 1. The second-order valence-corrected chi connectivity index (χ2v) is 5.19. The molecule has 0 aliphatic heterocycles. The van der Waals surface area contributed by atoms with Gasteiger partial charge in [0.25, 0.3) is 0 Å². The summed E-state index contributed by atoms with van der Waals surface area (Å²) in [5.41, 5.74) is 6.23. The molecule has 7 heteroatoms. The van der Waals surface area contributed by atoms with Crippen molar-refractivity contribution in [3.05, 3.63) is 40.4 Å². The summed E-state index contributed by atoms with van der Waals surface area (Å²) in [6.07, 6.45) is -1.06. The lowest BCUT2D eigenvalue weighted by Crippen LogP contribution is -2.11. The van der Waals surface area contributed by atoms with Crippen LogP contribution in [-0.2, 0) is 4.74 Å². The molecule has 1 heterocycles. The molecule has 21 heavy (non-hydrogen) atoms. The average Bonchev–Trinajstić information content (AvgIpc) is 2.88. The van der Waals surface area contributed by atoms with E-state index in [1.54, 1.807) is 31.2 Å². The monoisotopic (exact) mass is 308 g/mol. The number of aliphatic hydroxyl groups is 1. The highest BCUT2D eigenvalue weighted by molar-refractivity contribution is 7.15. The Balaban J connectivity index is 2.43. The molecule has 1 unspecified atom stereocenters. The van der Waals surface area contributed by atoms with Gasteiger partial charge in [-0.05, 0) is 13.0 Å². The Labute approximate surface area is 126 Å². The maximum Gasteiger partial charge on any atom is 0.358 e. The molecule has 0 fully saturated rings. The van der Waals surface area contributed by atoms with Crippen molar-refractivity contribution in [2.75, 3.05) is 19.5 Å². The van der Waals surface area contributed by atoms with E-state index in [1.165, 1.54) is 7.11 Å². The van der Waals surface area contributed by atoms with Crippen LogP contribution in [0.2, 0.25) is 0 Å². The molecule has 0 saturated heterocycles. The van der Waals surface area contributed by atoms with E-state index in [4.69, 9.17) is 15.2 Å². The molecule has 112 valence electrons. The predicted molar refractivity (Wildman–Crippen MR) is 79.5 cm³/mol. The topological polar surface area (TPSA) is 94.7 Å². The summed E-state index contributed by atoms with van der Waals surface area (Å²) < 4.78 is 10.2. The number of aromatic nitrogens is 1. The van der Waals surface area contributed by atoms with Crippen molar-refractivity contribution in [2.24, 2.45) is 0 Å². The number of nitrogen functional groups attached to an aromatic ring is 1. The fourth-order valence-electron chi connectivity index (χ4n) is 1.91. The van der Waals surface area contributed by atoms with E-state index in [9.17, 15) is 9.90 Å². The third kappa shape index (κ3) is 3.14. The molecule has 1 aromatic carbocycles. The molecule has 1 aromatic heterocycles. The first-order valence-corrected chi connectivity index (χ1v) is 7.14. The highest BCUT2D eigenvalue weighted by atomic mass is 32.1. The van der Waals surface area contributed by atoms with Gasteiger partial charge in [-0.25, -0.2) is 9.78 Å². The number of esters is 1. The van der Waals surface area contributed by atoms with E-state index in [0.29, 0.717) is 16.2 Å². The Bertz CT molecular complexity index is 642. The van der Waals surface area contributed by atoms with E-state index in [0.717, 1.165) is 11.3 Å². The summed E-state index contributed by atoms with van der Waals surface area (Å²) in [6.45, 7) is 1.92. The van der Waals surface area contributed by atoms with Crippen molar-refractivity contribution in [2.45, 2.75) is 13.0 Å². The van der Waals surface area contributed by atoms with Crippen LogP contribution in [0, 0.1) is 0 Å². The lowest BCUT2D eigenvalue weighted by atomic mass is 10.1. The standard InChI is InChI=1S/C14H16N2O4S/c1-3-20-13(18)10-12(21-14(15)16-10)11(17)8-6-4-5-7-9(8)19-2/h4-7,11,17H,3H2,1-2H3,(H2,15,16). The van der Waals surface area contributed by atoms with Crippen LogP contribution >= 0.6 is 11.3 Å². The van der Waals surface area contributed by atoms with Crippen LogP contribution < -0.4 is 10.5 Å². The molecule has 3 N–H and O–H groups in total. The van der Waals surface area contributed by atoms with Gasteiger partial charge in [-0.15, -0.1) is 0 Å². The third-order valence-corrected chi connectivity index (χ3v) is 3.76. The number of aliphatic hydroxyl groups excluding tert-OH is 1. The fraction of sp³-hybridized carbons (Fsp3) is 0.286. The van der Waals surface area contributed by atoms with Crippen molar-refractivity contribution in [1.29, 1.82) is 0 Å². The van der Waals surface area contributed by atoms with Crippen LogP contribution in [0.3, 0.4) is 0 Å². The number of ether oxygens (including phenoxy) is 2. The van der Waals surface area contributed by atoms with Gasteiger partial charge in [0.2, 0.25) is 0 Å². The number of hydrogen-bond donors (Lipinski definition) is 2. The van der Waals surface area contributed by atoms with Crippen LogP contribution in [0.1, 0.15) is 34.0 Å². The molecular weight excluding hydrogens is 292 g/mol. The van der Waals surface area contributed by atoms with E-state index in [-0.39, 0.29) is 17.4 Å². The largest absolute Gasteiger partial charge is 0.496 e. The summed E-state index contributed by atoms with van der Waals surface area (Å²) in [4.78, 5) is 16.2. The maximum absolute atomic E-state index is 11.9. The van der Waals surface area contributed by atoms with Gasteiger partial charge in [-0.1, -0.05) is 29.5 Å². The summed E-state index contributed by atoms with van der Waals surface area (Å²) in [7, 11) is 1.51. The molecule has 0 spiro atoms. The Morgan fingerprint density at radius 2 is 2.19 bits per heavy atom. The number of nitrogens with two attached hydrogens (primary N) is 1. The number of carbonyl (C=O) groups excluding carboxylic acids is 1. The number of nitrogens with zero attached hydrogens (tertiary/aromatic N) is 1. The normalized spacial score (nSPS) is 12.0. The molecule has 2 aromatic rings. The number of benzene rings is 1. The van der Waals surface area contributed by atoms with Crippen LogP contribution in [0.4, 0.5) is 5.13 Å². The van der Waals surface area contributed by atoms with Gasteiger partial charge in [0.1, 0.15) is 11.9 Å². The fourth-order valence-corrected chi connectivity index (χ4v) is 2.74. The van der Waals surface area contributed by atoms with E-state index in [2.05, 4.69) is 4.98 Å². The van der Waals surface area contributed by atoms with Gasteiger partial charge in [0.15, 0.2) is 10.8 Å². The minimum atomic E-state index is -1.06. The van der Waals surface area contributed by atoms with Gasteiger partial charge in [0.05, 0.1) is 18.6 Å². The van der Waals surface area contributed by atoms with Gasteiger partial charge >= 0.3 is 5.97 Å². The first-order valence-electron chi connectivity index (χ1n) is 6.32. The Morgan fingerprint density at radius 1 is 1.48 bits per heavy atom. The van der Waals surface area contributed by atoms with Gasteiger partial charge in [-0.2, -0.15) is 0 Å². The molecule has 0 amide bonds. The van der Waals surface area contributed by atoms with Crippen LogP contribution in [0.25, 0.3) is 0 Å². The van der Waals surface area contributed by atoms with Crippen molar-refractivity contribution in [3.8, 4) is 5.75 Å². The van der Waals surface area contributed by atoms with Gasteiger partial charge in [-0.3, -0.25) is 0 Å². The molecule has 0 radical (unpaired) electrons. The molecule has 0 aliphatic carbocycles. The molecule has 0 aliphatic rings. The molecule has 0 bridgehead atoms. The number of rotatable bonds is 5. The lowest BCUT2D eigenvalue weighted by molar-refractivity contribution is 0.0515. The summed E-state index contributed by atoms with van der Waals surface area (Å²) >= 11 is 1.05. The lowest BCUT2D eigenvalue weighted by Gasteiger charge is -2.14. The highest BCUT2D eigenvalue weighted by Crippen LogP contribution is 2.35. The first kappa shape index (κ1) is 15.3. The smallest absolute Gasteiger partial charge is 0.358 e. The van der Waals surface area contributed by atoms with Gasteiger partial charge < -0.3 is 20.3 Å². The van der Waals surface area contributed by atoms with Crippen molar-refractivity contribution < 1.29 is 19.4 Å². The van der Waals surface area contributed by atoms with Crippen LogP contribution in [0.5, 0.6) is 5.75 Å². The van der Waals surface area contributed by atoms with Gasteiger partial charge in [0, 0.05) is 5.56 Å². The average molecular weight is 308 g/mol. The summed E-state index contributed by atoms with van der Waals surface area (Å²) in [5, 5.41) is 10.7. The van der Waals surface area contributed by atoms with E-state index < -0.39 is 12.1 Å². The van der Waals surface area contributed by atoms with E-state index >= 15 is 0 Å². The second-order valence-electron chi connectivity index (χ2n) is 4.13. The number of carbonyl (C=O) groups is 1. The molecular formula is C14H16N2O4S. The SMILES string of the molecule is CCOC(=O)c1nc(N)sc1C(O)c1ccccc1OC. The highest BCUT2D eigenvalue weighted by Gasteiger charge is 2.26. The van der Waals surface area contributed by atoms with Crippen molar-refractivity contribution >= 4 is 22.4 Å². The molecule has 2 rings (SSSR count). The number of hydrogen-bond acceptors (Lipinski definition) is 7. The minimum absolute atomic E-state index is 0.0396. The Hall–Kier alpha value is -2.12. The zero-order valence-corrected chi connectivity index (χ0v) is 12.5. The third-order valence-electron chi connectivity index (χ3n) is 2.82. The maximum atomic E-state index is 11.9. The number of methoxy groups -OCH3 is 1. The molecule has 0 saturated carbocycles. The summed E-state index contributed by atoms with van der Waals surface area (Å²) in [6, 6.07) is 7.01. The minimum Gasteiger partial charge on any atom is -0.496 e. The zero-order valence-electron chi connectivity index (χ0n) is 11.7. The Morgan fingerprint density at radius 3 is 2.86 bits per heavy atom. The predicted octanol–water partition coefficient (Wildman–Crippen LogP) is 1.99. The van der Waals surface area contributed by atoms with E-state index in [1.807, 2.05) is 0 Å². The first-order chi connectivity index (χ1) is 10.1. The van der Waals surface area contributed by atoms with Crippen molar-refractivity contribution in [3.63, 3.8) is 0 Å². The second kappa shape index (κ2) is 6.55. The van der Waals surface area contributed by atoms with Crippen LogP contribution in [0.15, 0.2) is 24.3 Å². The van der Waals surface area contributed by atoms with Crippen LogP contribution in [-0.4, -0.2) is 29.8 Å². The quantitative estimate of drug-likeness (QED) is 0.820. The Kier molecular flexibility index (Phi) is 4.77. The zero-order chi connectivity index (χ0) is 15.4. The number of para-hydroxylation sites is 1. The molecule has 6 nitrogen and oxygen atoms in total. The number of anilines is 1. The van der Waals surface area contributed by atoms with Crippen molar-refractivity contribution in [1.82, 2.24) is 4.98 Å². The summed E-state index contributed by atoms with van der Waals surface area (Å²) in [5.74, 6) is -0.0822.